The molecule has 1 amide bonds. The van der Waals surface area contributed by atoms with Crippen LogP contribution in [0.2, 0.25) is 0 Å². The van der Waals surface area contributed by atoms with Gasteiger partial charge in [0, 0.05) is 50.4 Å². The maximum atomic E-state index is 12.5. The van der Waals surface area contributed by atoms with Crippen LogP contribution in [0.3, 0.4) is 0 Å². The summed E-state index contributed by atoms with van der Waals surface area (Å²) in [5.41, 5.74) is 9.67. The average molecular weight is 467 g/mol. The minimum atomic E-state index is 0. The predicted octanol–water partition coefficient (Wildman–Crippen LogP) is 2.73. The van der Waals surface area contributed by atoms with Crippen LogP contribution in [0, 0.1) is 0 Å². The number of ether oxygens (including phenoxy) is 1. The Morgan fingerprint density at radius 2 is 1.65 bits per heavy atom. The van der Waals surface area contributed by atoms with Crippen LogP contribution >= 0.6 is 24.8 Å². The second kappa shape index (κ2) is 12.4. The van der Waals surface area contributed by atoms with Crippen LogP contribution in [-0.2, 0) is 16.1 Å². The smallest absolute Gasteiger partial charge is 0.238 e. The van der Waals surface area contributed by atoms with Crippen LogP contribution < -0.4 is 11.1 Å². The van der Waals surface area contributed by atoms with E-state index in [1.54, 1.807) is 0 Å². The van der Waals surface area contributed by atoms with Crippen molar-refractivity contribution in [1.29, 1.82) is 0 Å². The molecule has 2 aliphatic heterocycles. The molecule has 2 aliphatic rings. The molecule has 0 spiro atoms. The number of nitrogens with two attached hydrogens (primary N) is 1. The highest BCUT2D eigenvalue weighted by atomic mass is 35.5. The van der Waals surface area contributed by atoms with Crippen LogP contribution in [-0.4, -0.2) is 67.7 Å². The van der Waals surface area contributed by atoms with Gasteiger partial charge in [-0.2, -0.15) is 0 Å². The highest BCUT2D eigenvalue weighted by Crippen LogP contribution is 2.26. The van der Waals surface area contributed by atoms with Gasteiger partial charge in [0.1, 0.15) is 0 Å². The maximum absolute atomic E-state index is 12.5. The minimum Gasteiger partial charge on any atom is -0.379 e. The monoisotopic (exact) mass is 466 g/mol. The van der Waals surface area contributed by atoms with Gasteiger partial charge in [-0.15, -0.1) is 24.8 Å². The number of benzene rings is 2. The number of hydrogen-bond donors (Lipinski definition) is 2. The van der Waals surface area contributed by atoms with Crippen molar-refractivity contribution < 1.29 is 9.53 Å². The molecule has 2 saturated heterocycles. The summed E-state index contributed by atoms with van der Waals surface area (Å²) >= 11 is 0. The minimum absolute atomic E-state index is 0. The number of amides is 1. The van der Waals surface area contributed by atoms with Gasteiger partial charge in [-0.25, -0.2) is 0 Å². The fourth-order valence-electron chi connectivity index (χ4n) is 4.21. The first-order valence-electron chi connectivity index (χ1n) is 10.4. The maximum Gasteiger partial charge on any atom is 0.238 e. The van der Waals surface area contributed by atoms with Crippen molar-refractivity contribution in [2.75, 3.05) is 51.3 Å². The van der Waals surface area contributed by atoms with E-state index in [0.29, 0.717) is 6.54 Å². The van der Waals surface area contributed by atoms with Crippen molar-refractivity contribution in [2.45, 2.75) is 18.5 Å². The topological polar surface area (TPSA) is 70.8 Å². The van der Waals surface area contributed by atoms with E-state index < -0.39 is 0 Å². The summed E-state index contributed by atoms with van der Waals surface area (Å²) in [6.45, 7) is 6.40. The molecule has 2 aromatic carbocycles. The molecule has 8 heteroatoms. The molecule has 2 heterocycles. The molecular formula is C23H32Cl2N4O2. The lowest BCUT2D eigenvalue weighted by Gasteiger charge is -2.26. The fourth-order valence-corrected chi connectivity index (χ4v) is 4.21. The van der Waals surface area contributed by atoms with E-state index in [1.807, 2.05) is 30.3 Å². The number of carbonyl (C=O) groups is 1. The number of carbonyl (C=O) groups excluding carboxylic acids is 1. The second-order valence-electron chi connectivity index (χ2n) is 8.01. The summed E-state index contributed by atoms with van der Waals surface area (Å²) < 4.78 is 5.39. The summed E-state index contributed by atoms with van der Waals surface area (Å²) in [7, 11) is 0. The number of nitrogens with zero attached hydrogens (tertiary/aromatic N) is 2. The van der Waals surface area contributed by atoms with Gasteiger partial charge in [-0.1, -0.05) is 42.5 Å². The standard InChI is InChI=1S/C23H30N4O2.2ClH/c24-22-16-27(15-21(22)19-4-2-1-3-5-19)17-23(28)25-20-8-6-18(7-9-20)14-26-10-12-29-13-11-26;;/h1-9,21-22H,10-17,24H2,(H,25,28);2*1H/t21-,22+;;/m0../s1. The van der Waals surface area contributed by atoms with Crippen molar-refractivity contribution in [3.63, 3.8) is 0 Å². The van der Waals surface area contributed by atoms with E-state index >= 15 is 0 Å². The van der Waals surface area contributed by atoms with Gasteiger partial charge in [0.05, 0.1) is 19.8 Å². The Bertz CT molecular complexity index is 801. The van der Waals surface area contributed by atoms with Crippen LogP contribution in [0.4, 0.5) is 5.69 Å². The number of hydrogen-bond acceptors (Lipinski definition) is 5. The molecule has 2 atom stereocenters. The largest absolute Gasteiger partial charge is 0.379 e. The Hall–Kier alpha value is -1.67. The molecule has 0 bridgehead atoms. The van der Waals surface area contributed by atoms with E-state index in [2.05, 4.69) is 39.4 Å². The summed E-state index contributed by atoms with van der Waals surface area (Å²) in [6, 6.07) is 18.5. The van der Waals surface area contributed by atoms with E-state index in [9.17, 15) is 4.79 Å². The summed E-state index contributed by atoms with van der Waals surface area (Å²) in [6.07, 6.45) is 0. The van der Waals surface area contributed by atoms with Gasteiger partial charge in [-0.05, 0) is 23.3 Å². The number of morpholine rings is 1. The highest BCUT2D eigenvalue weighted by Gasteiger charge is 2.31. The normalized spacial score (nSPS) is 21.7. The molecule has 4 rings (SSSR count). The van der Waals surface area contributed by atoms with Crippen molar-refractivity contribution in [3.8, 4) is 0 Å². The van der Waals surface area contributed by atoms with Crippen LogP contribution in [0.5, 0.6) is 0 Å². The molecule has 6 nitrogen and oxygen atoms in total. The third-order valence-corrected chi connectivity index (χ3v) is 5.78. The number of nitrogens with one attached hydrogen (secondary N) is 1. The van der Waals surface area contributed by atoms with Crippen molar-refractivity contribution in [2.24, 2.45) is 5.73 Å². The molecule has 0 unspecified atom stereocenters. The molecule has 3 N–H and O–H groups in total. The zero-order valence-electron chi connectivity index (χ0n) is 17.6. The Balaban J connectivity index is 0.00000171. The molecule has 2 fully saturated rings. The molecule has 0 aromatic heterocycles. The first-order chi connectivity index (χ1) is 14.2. The quantitative estimate of drug-likeness (QED) is 0.684. The van der Waals surface area contributed by atoms with Crippen molar-refractivity contribution >= 4 is 36.4 Å². The Labute approximate surface area is 196 Å². The lowest BCUT2D eigenvalue weighted by molar-refractivity contribution is -0.117. The van der Waals surface area contributed by atoms with E-state index in [1.165, 1.54) is 11.1 Å². The van der Waals surface area contributed by atoms with Crippen LogP contribution in [0.25, 0.3) is 0 Å². The molecule has 31 heavy (non-hydrogen) atoms. The second-order valence-corrected chi connectivity index (χ2v) is 8.01. The highest BCUT2D eigenvalue weighted by molar-refractivity contribution is 5.92. The van der Waals surface area contributed by atoms with Gasteiger partial charge in [0.2, 0.25) is 5.91 Å². The molecule has 170 valence electrons. The number of likely N-dealkylation sites (tertiary alicyclic amines) is 1. The van der Waals surface area contributed by atoms with Crippen molar-refractivity contribution in [1.82, 2.24) is 9.80 Å². The molecular weight excluding hydrogens is 435 g/mol. The van der Waals surface area contributed by atoms with Crippen LogP contribution in [0.15, 0.2) is 54.6 Å². The third-order valence-electron chi connectivity index (χ3n) is 5.78. The summed E-state index contributed by atoms with van der Waals surface area (Å²) in [5, 5.41) is 3.01. The Morgan fingerprint density at radius 1 is 0.968 bits per heavy atom. The Kier molecular flexibility index (Phi) is 10.2. The third kappa shape index (κ3) is 7.17. The predicted molar refractivity (Wildman–Crippen MR) is 129 cm³/mol. The summed E-state index contributed by atoms with van der Waals surface area (Å²) in [4.78, 5) is 17.0. The number of anilines is 1. The Morgan fingerprint density at radius 3 is 2.32 bits per heavy atom. The lowest BCUT2D eigenvalue weighted by atomic mass is 9.95. The van der Waals surface area contributed by atoms with Gasteiger partial charge in [0.15, 0.2) is 0 Å². The molecule has 0 radical (unpaired) electrons. The summed E-state index contributed by atoms with van der Waals surface area (Å²) in [5.74, 6) is 0.287. The molecule has 2 aromatic rings. The number of rotatable bonds is 6. The SMILES string of the molecule is Cl.Cl.N[C@@H]1CN(CC(=O)Nc2ccc(CN3CCOCC3)cc2)C[C@H]1c1ccccc1. The van der Waals surface area contributed by atoms with E-state index in [4.69, 9.17) is 10.5 Å². The number of halogens is 2. The average Bonchev–Trinajstić information content (AvgIpc) is 3.10. The molecule has 0 saturated carbocycles. The van der Waals surface area contributed by atoms with Gasteiger partial charge in [0.25, 0.3) is 0 Å². The fraction of sp³-hybridized carbons (Fsp3) is 0.435. The molecule has 0 aliphatic carbocycles. The van der Waals surface area contributed by atoms with E-state index in [0.717, 1.165) is 51.6 Å². The van der Waals surface area contributed by atoms with Crippen LogP contribution in [0.1, 0.15) is 17.0 Å². The first-order valence-corrected chi connectivity index (χ1v) is 10.4. The van der Waals surface area contributed by atoms with Gasteiger partial charge in [-0.3, -0.25) is 14.6 Å². The van der Waals surface area contributed by atoms with Gasteiger partial charge < -0.3 is 15.8 Å². The zero-order chi connectivity index (χ0) is 20.1. The zero-order valence-corrected chi connectivity index (χ0v) is 19.2. The lowest BCUT2D eigenvalue weighted by Crippen LogP contribution is -2.35. The van der Waals surface area contributed by atoms with Gasteiger partial charge >= 0.3 is 0 Å². The van der Waals surface area contributed by atoms with E-state index in [-0.39, 0.29) is 42.7 Å². The van der Waals surface area contributed by atoms with Crippen molar-refractivity contribution in [3.05, 3.63) is 65.7 Å². The first kappa shape index (κ1) is 25.6.